The molecule has 4 heterocycles. The van der Waals surface area contributed by atoms with Gasteiger partial charge in [-0.25, -0.2) is 13.4 Å². The number of carbonyl (C=O) groups excluding carboxylic acids is 1. The Kier molecular flexibility index (Phi) is 5.25. The Balaban J connectivity index is 1.66. The number of carbonyl (C=O) groups is 1. The van der Waals surface area contributed by atoms with Crippen molar-refractivity contribution in [3.63, 3.8) is 0 Å². The summed E-state index contributed by atoms with van der Waals surface area (Å²) >= 11 is 0. The van der Waals surface area contributed by atoms with E-state index in [-0.39, 0.29) is 11.7 Å². The Hall–Kier alpha value is -2.91. The number of aromatic nitrogens is 3. The van der Waals surface area contributed by atoms with Crippen LogP contribution in [0.15, 0.2) is 49.1 Å². The fourth-order valence-electron chi connectivity index (χ4n) is 3.46. The molecule has 3 aromatic heterocycles. The Labute approximate surface area is 169 Å². The van der Waals surface area contributed by atoms with Gasteiger partial charge in [-0.05, 0) is 42.3 Å². The van der Waals surface area contributed by atoms with Crippen LogP contribution < -0.4 is 0 Å². The van der Waals surface area contributed by atoms with Crippen molar-refractivity contribution in [1.29, 1.82) is 0 Å². The molecule has 4 rings (SSSR count). The fourth-order valence-corrected chi connectivity index (χ4v) is 4.55. The zero-order valence-corrected chi connectivity index (χ0v) is 16.8. The third-order valence-electron chi connectivity index (χ3n) is 5.10. The van der Waals surface area contributed by atoms with Gasteiger partial charge in [-0.1, -0.05) is 0 Å². The van der Waals surface area contributed by atoms with Crippen LogP contribution in [0.2, 0.25) is 0 Å². The van der Waals surface area contributed by atoms with Gasteiger partial charge in [-0.2, -0.15) is 4.31 Å². The van der Waals surface area contributed by atoms with Crippen LogP contribution in [0.25, 0.3) is 22.0 Å². The van der Waals surface area contributed by atoms with E-state index in [0.717, 1.165) is 16.5 Å². The van der Waals surface area contributed by atoms with Crippen LogP contribution in [0.3, 0.4) is 0 Å². The quantitative estimate of drug-likeness (QED) is 0.650. The van der Waals surface area contributed by atoms with Gasteiger partial charge in [-0.15, -0.1) is 0 Å². The number of pyridine rings is 3. The molecule has 0 radical (unpaired) electrons. The molecular formula is C20H21N5O3S. The SMILES string of the molecule is CCS(=O)(=O)N1CCN(C(=O)c2cc(-c3ccncc3)c3cnccc3n2)CC1. The molecule has 8 nitrogen and oxygen atoms in total. The van der Waals surface area contributed by atoms with E-state index in [2.05, 4.69) is 15.0 Å². The van der Waals surface area contributed by atoms with Crippen LogP contribution in [0.1, 0.15) is 17.4 Å². The maximum absolute atomic E-state index is 13.1. The third-order valence-corrected chi connectivity index (χ3v) is 6.99. The second-order valence-electron chi connectivity index (χ2n) is 6.78. The molecule has 1 aliphatic rings. The molecule has 0 unspecified atom stereocenters. The standard InChI is InChI=1S/C20H21N5O3S/c1-2-29(27,28)25-11-9-24(10-12-25)20(26)19-13-16(15-3-6-21-7-4-15)17-14-22-8-5-18(17)23-19/h3-8,13-14H,2,9-12H2,1H3. The molecule has 1 saturated heterocycles. The van der Waals surface area contributed by atoms with Gasteiger partial charge < -0.3 is 4.90 Å². The van der Waals surface area contributed by atoms with Crippen LogP contribution in [0.4, 0.5) is 0 Å². The van der Waals surface area contributed by atoms with Crippen molar-refractivity contribution in [2.45, 2.75) is 6.92 Å². The molecule has 1 aliphatic heterocycles. The van der Waals surface area contributed by atoms with E-state index in [1.807, 2.05) is 12.1 Å². The maximum atomic E-state index is 13.1. The molecule has 0 aromatic carbocycles. The minimum Gasteiger partial charge on any atom is -0.335 e. The second kappa shape index (κ2) is 7.84. The average Bonchev–Trinajstić information content (AvgIpc) is 2.78. The molecule has 0 atom stereocenters. The normalized spacial score (nSPS) is 15.6. The number of rotatable bonds is 4. The zero-order chi connectivity index (χ0) is 20.4. The van der Waals surface area contributed by atoms with Crippen LogP contribution >= 0.6 is 0 Å². The summed E-state index contributed by atoms with van der Waals surface area (Å²) in [5.74, 6) is -0.135. The van der Waals surface area contributed by atoms with Gasteiger partial charge in [-0.3, -0.25) is 14.8 Å². The lowest BCUT2D eigenvalue weighted by atomic mass is 10.0. The summed E-state index contributed by atoms with van der Waals surface area (Å²) in [4.78, 5) is 27.6. The highest BCUT2D eigenvalue weighted by molar-refractivity contribution is 7.89. The Morgan fingerprint density at radius 1 is 1.03 bits per heavy atom. The van der Waals surface area contributed by atoms with Gasteiger partial charge in [0.2, 0.25) is 10.0 Å². The predicted molar refractivity (Wildman–Crippen MR) is 110 cm³/mol. The monoisotopic (exact) mass is 411 g/mol. The molecule has 0 spiro atoms. The van der Waals surface area contributed by atoms with Crippen molar-refractivity contribution in [1.82, 2.24) is 24.2 Å². The molecule has 1 fully saturated rings. The molecule has 150 valence electrons. The largest absolute Gasteiger partial charge is 0.335 e. The van der Waals surface area contributed by atoms with Crippen LogP contribution in [-0.4, -0.2) is 70.4 Å². The molecule has 9 heteroatoms. The van der Waals surface area contributed by atoms with E-state index in [1.54, 1.807) is 48.7 Å². The van der Waals surface area contributed by atoms with Crippen LogP contribution in [0, 0.1) is 0 Å². The maximum Gasteiger partial charge on any atom is 0.272 e. The number of hydrogen-bond acceptors (Lipinski definition) is 6. The molecular weight excluding hydrogens is 390 g/mol. The van der Waals surface area contributed by atoms with Crippen LogP contribution in [0.5, 0.6) is 0 Å². The first-order valence-corrected chi connectivity index (χ1v) is 11.0. The molecule has 0 N–H and O–H groups in total. The van der Waals surface area contributed by atoms with Gasteiger partial charge in [0.15, 0.2) is 0 Å². The summed E-state index contributed by atoms with van der Waals surface area (Å²) in [6.07, 6.45) is 6.79. The molecule has 1 amide bonds. The van der Waals surface area contributed by atoms with Crippen molar-refractivity contribution in [3.8, 4) is 11.1 Å². The second-order valence-corrected chi connectivity index (χ2v) is 9.03. The summed E-state index contributed by atoms with van der Waals surface area (Å²) in [5, 5.41) is 0.856. The Morgan fingerprint density at radius 2 is 1.72 bits per heavy atom. The van der Waals surface area contributed by atoms with Gasteiger partial charge in [0.25, 0.3) is 5.91 Å². The summed E-state index contributed by atoms with van der Waals surface area (Å²) < 4.78 is 25.5. The van der Waals surface area contributed by atoms with E-state index in [4.69, 9.17) is 0 Å². The van der Waals surface area contributed by atoms with Gasteiger partial charge in [0.1, 0.15) is 5.69 Å². The van der Waals surface area contributed by atoms with Gasteiger partial charge in [0.05, 0.1) is 11.3 Å². The van der Waals surface area contributed by atoms with Crippen molar-refractivity contribution in [2.75, 3.05) is 31.9 Å². The minimum absolute atomic E-state index is 0.0660. The highest BCUT2D eigenvalue weighted by Gasteiger charge is 2.29. The molecule has 0 aliphatic carbocycles. The summed E-state index contributed by atoms with van der Waals surface area (Å²) in [7, 11) is -3.24. The van der Waals surface area contributed by atoms with E-state index in [0.29, 0.717) is 37.4 Å². The zero-order valence-electron chi connectivity index (χ0n) is 16.0. The third kappa shape index (κ3) is 3.83. The smallest absolute Gasteiger partial charge is 0.272 e. The van der Waals surface area contributed by atoms with E-state index < -0.39 is 10.0 Å². The number of sulfonamides is 1. The highest BCUT2D eigenvalue weighted by Crippen LogP contribution is 2.28. The first kappa shape index (κ1) is 19.4. The topological polar surface area (TPSA) is 96.4 Å². The summed E-state index contributed by atoms with van der Waals surface area (Å²) in [6, 6.07) is 7.31. The number of amides is 1. The lowest BCUT2D eigenvalue weighted by Gasteiger charge is -2.33. The number of fused-ring (bicyclic) bond motifs is 1. The first-order chi connectivity index (χ1) is 14.0. The number of nitrogens with zero attached hydrogens (tertiary/aromatic N) is 5. The van der Waals surface area contributed by atoms with Crippen molar-refractivity contribution in [2.24, 2.45) is 0 Å². The van der Waals surface area contributed by atoms with E-state index >= 15 is 0 Å². The Bertz CT molecular complexity index is 1140. The highest BCUT2D eigenvalue weighted by atomic mass is 32.2. The molecule has 0 saturated carbocycles. The van der Waals surface area contributed by atoms with Crippen molar-refractivity contribution in [3.05, 3.63) is 54.7 Å². The van der Waals surface area contributed by atoms with Gasteiger partial charge in [0, 0.05) is 56.4 Å². The first-order valence-electron chi connectivity index (χ1n) is 9.42. The number of hydrogen-bond donors (Lipinski definition) is 0. The van der Waals surface area contributed by atoms with Crippen LogP contribution in [-0.2, 0) is 10.0 Å². The van der Waals surface area contributed by atoms with E-state index in [9.17, 15) is 13.2 Å². The van der Waals surface area contributed by atoms with Crippen molar-refractivity contribution < 1.29 is 13.2 Å². The van der Waals surface area contributed by atoms with E-state index in [1.165, 1.54) is 4.31 Å². The molecule has 3 aromatic rings. The summed E-state index contributed by atoms with van der Waals surface area (Å²) in [6.45, 7) is 2.92. The fraction of sp³-hybridized carbons (Fsp3) is 0.300. The lowest BCUT2D eigenvalue weighted by Crippen LogP contribution is -2.51. The molecule has 0 bridgehead atoms. The van der Waals surface area contributed by atoms with Crippen molar-refractivity contribution >= 4 is 26.8 Å². The predicted octanol–water partition coefficient (Wildman–Crippen LogP) is 1.80. The lowest BCUT2D eigenvalue weighted by molar-refractivity contribution is 0.0692. The average molecular weight is 411 g/mol. The minimum atomic E-state index is -3.24. The summed E-state index contributed by atoms with van der Waals surface area (Å²) in [5.41, 5.74) is 2.81. The Morgan fingerprint density at radius 3 is 2.41 bits per heavy atom. The van der Waals surface area contributed by atoms with Gasteiger partial charge >= 0.3 is 0 Å². The molecule has 29 heavy (non-hydrogen) atoms. The number of piperazine rings is 1.